The molecular weight excluding hydrogens is 473 g/mol. The van der Waals surface area contributed by atoms with Crippen molar-refractivity contribution in [1.82, 2.24) is 20.5 Å². The van der Waals surface area contributed by atoms with E-state index in [2.05, 4.69) is 20.9 Å². The predicted molar refractivity (Wildman–Crippen MR) is 134 cm³/mol. The minimum absolute atomic E-state index is 0.122. The molecule has 176 valence electrons. The van der Waals surface area contributed by atoms with Gasteiger partial charge < -0.3 is 5.32 Å². The molecular formula is C25H25Cl2N5O2. The zero-order chi connectivity index (χ0) is 24.1. The maximum absolute atomic E-state index is 12.9. The van der Waals surface area contributed by atoms with E-state index < -0.39 is 5.91 Å². The van der Waals surface area contributed by atoms with Crippen LogP contribution < -0.4 is 10.7 Å². The molecule has 0 unspecified atom stereocenters. The summed E-state index contributed by atoms with van der Waals surface area (Å²) in [6.45, 7) is 1.80. The summed E-state index contributed by atoms with van der Waals surface area (Å²) in [5, 5.41) is 12.3. The van der Waals surface area contributed by atoms with E-state index in [0.717, 1.165) is 31.4 Å². The van der Waals surface area contributed by atoms with Gasteiger partial charge in [-0.05, 0) is 50.1 Å². The van der Waals surface area contributed by atoms with Gasteiger partial charge in [0.05, 0.1) is 34.3 Å². The first-order valence-electron chi connectivity index (χ1n) is 11.2. The number of nitrogens with one attached hydrogen (secondary N) is 2. The Bertz CT molecular complexity index is 1220. The fraction of sp³-hybridized carbons (Fsp3) is 0.280. The number of carbonyl (C=O) groups is 2. The number of aryl methyl sites for hydroxylation is 1. The molecule has 1 aromatic heterocycles. The number of hydrogen-bond donors (Lipinski definition) is 2. The Labute approximate surface area is 208 Å². The summed E-state index contributed by atoms with van der Waals surface area (Å²) in [5.74, 6) is -0.836. The Morgan fingerprint density at radius 3 is 2.50 bits per heavy atom. The van der Waals surface area contributed by atoms with Crippen LogP contribution in [0.25, 0.3) is 5.69 Å². The summed E-state index contributed by atoms with van der Waals surface area (Å²) in [6, 6.07) is 14.2. The number of hydrogen-bond acceptors (Lipinski definition) is 4. The molecule has 2 aromatic carbocycles. The number of nitrogens with zero attached hydrogens (tertiary/aromatic N) is 3. The molecule has 1 heterocycles. The molecule has 0 saturated heterocycles. The van der Waals surface area contributed by atoms with Gasteiger partial charge in [0.25, 0.3) is 11.8 Å². The highest BCUT2D eigenvalue weighted by atomic mass is 35.5. The molecule has 7 nitrogen and oxygen atoms in total. The number of hydrazone groups is 1. The maximum atomic E-state index is 12.9. The topological polar surface area (TPSA) is 88.4 Å². The Morgan fingerprint density at radius 1 is 1.03 bits per heavy atom. The molecule has 2 N–H and O–H groups in total. The Morgan fingerprint density at radius 2 is 1.76 bits per heavy atom. The summed E-state index contributed by atoms with van der Waals surface area (Å²) in [4.78, 5) is 25.8. The van der Waals surface area contributed by atoms with Gasteiger partial charge in [-0.3, -0.25) is 9.59 Å². The molecule has 0 radical (unpaired) electrons. The maximum Gasteiger partial charge on any atom is 0.272 e. The van der Waals surface area contributed by atoms with E-state index in [1.807, 2.05) is 30.3 Å². The van der Waals surface area contributed by atoms with Crippen LogP contribution >= 0.6 is 23.2 Å². The number of para-hydroxylation sites is 1. The van der Waals surface area contributed by atoms with Gasteiger partial charge in [-0.15, -0.1) is 0 Å². The van der Waals surface area contributed by atoms with E-state index in [1.165, 1.54) is 18.7 Å². The number of rotatable bonds is 6. The van der Waals surface area contributed by atoms with E-state index >= 15 is 0 Å². The van der Waals surface area contributed by atoms with Crippen molar-refractivity contribution in [3.05, 3.63) is 81.1 Å². The van der Waals surface area contributed by atoms with Crippen molar-refractivity contribution < 1.29 is 9.59 Å². The molecule has 4 rings (SSSR count). The normalized spacial score (nSPS) is 14.3. The van der Waals surface area contributed by atoms with E-state index in [1.54, 1.807) is 23.7 Å². The lowest BCUT2D eigenvalue weighted by atomic mass is 9.95. The zero-order valence-corrected chi connectivity index (χ0v) is 20.2. The Hall–Kier alpha value is -3.16. The molecule has 1 saturated carbocycles. The first kappa shape index (κ1) is 24.0. The molecule has 2 amide bonds. The SMILES string of the molecule is Cc1nn(-c2ccccc2)c(Cl)c1C=NNC(=O)c1cc(Cl)ccc1C(=O)NC1CCCCC1. The zero-order valence-electron chi connectivity index (χ0n) is 18.7. The molecule has 1 aliphatic carbocycles. The van der Waals surface area contributed by atoms with Crippen LogP contribution in [0.4, 0.5) is 0 Å². The van der Waals surface area contributed by atoms with Crippen molar-refractivity contribution in [3.63, 3.8) is 0 Å². The van der Waals surface area contributed by atoms with Crippen molar-refractivity contribution in [2.45, 2.75) is 45.1 Å². The third-order valence-corrected chi connectivity index (χ3v) is 6.42. The summed E-state index contributed by atoms with van der Waals surface area (Å²) < 4.78 is 1.60. The van der Waals surface area contributed by atoms with Crippen molar-refractivity contribution in [3.8, 4) is 5.69 Å². The summed E-state index contributed by atoms with van der Waals surface area (Å²) in [5.41, 5.74) is 4.93. The summed E-state index contributed by atoms with van der Waals surface area (Å²) in [7, 11) is 0. The van der Waals surface area contributed by atoms with Crippen molar-refractivity contribution in [2.24, 2.45) is 5.10 Å². The van der Waals surface area contributed by atoms with Gasteiger partial charge >= 0.3 is 0 Å². The fourth-order valence-corrected chi connectivity index (χ4v) is 4.52. The molecule has 0 aliphatic heterocycles. The van der Waals surface area contributed by atoms with Crippen LogP contribution in [0.15, 0.2) is 53.6 Å². The largest absolute Gasteiger partial charge is 0.349 e. The summed E-state index contributed by atoms with van der Waals surface area (Å²) >= 11 is 12.6. The molecule has 1 fully saturated rings. The van der Waals surface area contributed by atoms with Gasteiger partial charge in [-0.1, -0.05) is 60.7 Å². The van der Waals surface area contributed by atoms with Crippen LogP contribution in [0, 0.1) is 6.92 Å². The minimum Gasteiger partial charge on any atom is -0.349 e. The highest BCUT2D eigenvalue weighted by Crippen LogP contribution is 2.22. The van der Waals surface area contributed by atoms with Crippen molar-refractivity contribution in [2.75, 3.05) is 0 Å². The van der Waals surface area contributed by atoms with E-state index in [4.69, 9.17) is 23.2 Å². The highest BCUT2D eigenvalue weighted by Gasteiger charge is 2.21. The van der Waals surface area contributed by atoms with Crippen molar-refractivity contribution in [1.29, 1.82) is 0 Å². The molecule has 0 bridgehead atoms. The number of carbonyl (C=O) groups excluding carboxylic acids is 2. The first-order chi connectivity index (χ1) is 16.4. The Balaban J connectivity index is 1.50. The lowest BCUT2D eigenvalue weighted by Gasteiger charge is -2.23. The second-order valence-electron chi connectivity index (χ2n) is 8.23. The van der Waals surface area contributed by atoms with Gasteiger partial charge in [0.15, 0.2) is 0 Å². The van der Waals surface area contributed by atoms with Crippen LogP contribution in [0.1, 0.15) is 64.1 Å². The van der Waals surface area contributed by atoms with E-state index in [-0.39, 0.29) is 23.1 Å². The third-order valence-electron chi connectivity index (χ3n) is 5.82. The van der Waals surface area contributed by atoms with Crippen LogP contribution in [-0.2, 0) is 0 Å². The lowest BCUT2D eigenvalue weighted by Crippen LogP contribution is -2.37. The lowest BCUT2D eigenvalue weighted by molar-refractivity contribution is 0.0904. The molecule has 34 heavy (non-hydrogen) atoms. The minimum atomic E-state index is -0.545. The molecule has 0 atom stereocenters. The van der Waals surface area contributed by atoms with Crippen LogP contribution in [0.3, 0.4) is 0 Å². The average Bonchev–Trinajstić information content (AvgIpc) is 3.13. The van der Waals surface area contributed by atoms with Gasteiger partial charge in [0.2, 0.25) is 0 Å². The standard InChI is InChI=1S/C25H25Cl2N5O2/c1-16-22(23(27)32(31-16)19-10-6-3-7-11-19)15-28-30-25(34)21-14-17(26)12-13-20(21)24(33)29-18-8-4-2-5-9-18/h3,6-7,10-15,18H,2,4-5,8-9H2,1H3,(H,29,33)(H,30,34). The number of benzene rings is 2. The predicted octanol–water partition coefficient (Wildman–Crippen LogP) is 5.31. The third kappa shape index (κ3) is 5.48. The number of aromatic nitrogens is 2. The fourth-order valence-electron chi connectivity index (χ4n) is 4.03. The number of amides is 2. The molecule has 0 spiro atoms. The quantitative estimate of drug-likeness (QED) is 0.357. The molecule has 1 aliphatic rings. The number of halogens is 2. The second kappa shape index (κ2) is 10.8. The average molecular weight is 498 g/mol. The van der Waals surface area contributed by atoms with Crippen LogP contribution in [-0.4, -0.2) is 33.9 Å². The summed E-state index contributed by atoms with van der Waals surface area (Å²) in [6.07, 6.45) is 6.71. The Kier molecular flexibility index (Phi) is 7.65. The van der Waals surface area contributed by atoms with Crippen LogP contribution in [0.5, 0.6) is 0 Å². The monoisotopic (exact) mass is 497 g/mol. The van der Waals surface area contributed by atoms with Gasteiger partial charge in [0.1, 0.15) is 5.15 Å². The van der Waals surface area contributed by atoms with Gasteiger partial charge in [-0.2, -0.15) is 10.2 Å². The van der Waals surface area contributed by atoms with Gasteiger partial charge in [-0.25, -0.2) is 10.1 Å². The van der Waals surface area contributed by atoms with E-state index in [0.29, 0.717) is 21.4 Å². The van der Waals surface area contributed by atoms with Gasteiger partial charge in [0, 0.05) is 11.1 Å². The van der Waals surface area contributed by atoms with Crippen molar-refractivity contribution >= 4 is 41.2 Å². The van der Waals surface area contributed by atoms with Crippen LogP contribution in [0.2, 0.25) is 10.2 Å². The molecule has 3 aromatic rings. The first-order valence-corrected chi connectivity index (χ1v) is 11.9. The second-order valence-corrected chi connectivity index (χ2v) is 9.03. The van der Waals surface area contributed by atoms with E-state index in [9.17, 15) is 9.59 Å². The smallest absolute Gasteiger partial charge is 0.272 e. The molecule has 9 heteroatoms. The highest BCUT2D eigenvalue weighted by molar-refractivity contribution is 6.32.